The van der Waals surface area contributed by atoms with E-state index in [2.05, 4.69) is 4.98 Å². The fourth-order valence-electron chi connectivity index (χ4n) is 2.20. The van der Waals surface area contributed by atoms with Gasteiger partial charge in [0.15, 0.2) is 12.2 Å². The molecule has 0 unspecified atom stereocenters. The third-order valence-corrected chi connectivity index (χ3v) is 4.22. The van der Waals surface area contributed by atoms with E-state index in [1.807, 2.05) is 12.1 Å². The Bertz CT molecular complexity index is 923. The van der Waals surface area contributed by atoms with Crippen molar-refractivity contribution in [1.82, 2.24) is 4.98 Å². The van der Waals surface area contributed by atoms with Crippen LogP contribution in [0.15, 0.2) is 52.1 Å². The first-order chi connectivity index (χ1) is 12.6. The summed E-state index contributed by atoms with van der Waals surface area (Å²) in [6, 6.07) is 10.8. The molecule has 0 N–H and O–H groups in total. The number of para-hydroxylation sites is 2. The normalized spacial score (nSPS) is 10.7. The lowest BCUT2D eigenvalue weighted by atomic mass is 10.1. The lowest BCUT2D eigenvalue weighted by molar-refractivity contribution is -0.139. The maximum atomic E-state index is 13.3. The molecule has 0 aliphatic heterocycles. The molecule has 26 heavy (non-hydrogen) atoms. The number of esters is 1. The molecule has 0 radical (unpaired) electrons. The molecule has 0 atom stereocenters. The Balaban J connectivity index is 1.54. The molecule has 134 valence electrons. The fraction of sp³-hybridized carbons (Fsp3) is 0.167. The van der Waals surface area contributed by atoms with Gasteiger partial charge in [-0.2, -0.15) is 0 Å². The lowest BCUT2D eigenvalue weighted by Crippen LogP contribution is -2.16. The predicted molar refractivity (Wildman–Crippen MR) is 93.0 cm³/mol. The summed E-state index contributed by atoms with van der Waals surface area (Å²) in [6.45, 7) is -0.507. The summed E-state index contributed by atoms with van der Waals surface area (Å²) in [6.07, 6.45) is 0. The maximum absolute atomic E-state index is 13.3. The summed E-state index contributed by atoms with van der Waals surface area (Å²) < 4.78 is 28.7. The van der Waals surface area contributed by atoms with Crippen molar-refractivity contribution in [2.24, 2.45) is 0 Å². The average molecular weight is 375 g/mol. The van der Waals surface area contributed by atoms with Crippen molar-refractivity contribution in [3.05, 3.63) is 53.8 Å². The Morgan fingerprint density at radius 2 is 2.04 bits per heavy atom. The number of methoxy groups -OCH3 is 1. The number of fused-ring (bicyclic) bond motifs is 1. The Hall–Kier alpha value is -2.87. The van der Waals surface area contributed by atoms with Crippen molar-refractivity contribution in [2.75, 3.05) is 19.5 Å². The molecule has 0 saturated carbocycles. The van der Waals surface area contributed by atoms with Gasteiger partial charge >= 0.3 is 5.97 Å². The number of rotatable bonds is 7. The fourth-order valence-corrected chi connectivity index (χ4v) is 2.83. The molecule has 0 saturated heterocycles. The molecule has 2 aromatic carbocycles. The molecule has 1 aromatic heterocycles. The number of ether oxygens (including phenoxy) is 2. The van der Waals surface area contributed by atoms with Crippen LogP contribution in [0.1, 0.15) is 10.4 Å². The first-order valence-electron chi connectivity index (χ1n) is 7.57. The van der Waals surface area contributed by atoms with Gasteiger partial charge in [0.25, 0.3) is 5.22 Å². The number of halogens is 1. The number of Topliss-reactive ketones (excluding diaryl/α,β-unsaturated/α-hetero) is 1. The molecule has 3 aromatic rings. The topological polar surface area (TPSA) is 78.6 Å². The van der Waals surface area contributed by atoms with Crippen molar-refractivity contribution < 1.29 is 27.9 Å². The predicted octanol–water partition coefficient (Wildman–Crippen LogP) is 3.49. The molecular weight excluding hydrogens is 361 g/mol. The van der Waals surface area contributed by atoms with Crippen LogP contribution < -0.4 is 4.74 Å². The highest BCUT2D eigenvalue weighted by Gasteiger charge is 2.16. The van der Waals surface area contributed by atoms with Gasteiger partial charge in [0.05, 0.1) is 12.7 Å². The van der Waals surface area contributed by atoms with E-state index < -0.39 is 24.2 Å². The van der Waals surface area contributed by atoms with E-state index in [4.69, 9.17) is 13.9 Å². The van der Waals surface area contributed by atoms with Crippen molar-refractivity contribution >= 4 is 34.6 Å². The van der Waals surface area contributed by atoms with E-state index in [9.17, 15) is 14.0 Å². The van der Waals surface area contributed by atoms with Crippen LogP contribution >= 0.6 is 11.8 Å². The number of thioether (sulfide) groups is 1. The maximum Gasteiger partial charge on any atom is 0.316 e. The van der Waals surface area contributed by atoms with E-state index >= 15 is 0 Å². The monoisotopic (exact) mass is 375 g/mol. The standard InChI is InChI=1S/C18H14FNO5S/c1-23-15-7-6-11(19)8-12(15)14(21)9-24-17(22)10-26-18-20-13-4-2-3-5-16(13)25-18/h2-8H,9-10H2,1H3. The van der Waals surface area contributed by atoms with Gasteiger partial charge < -0.3 is 13.9 Å². The molecule has 8 heteroatoms. The highest BCUT2D eigenvalue weighted by atomic mass is 32.2. The number of hydrogen-bond acceptors (Lipinski definition) is 7. The highest BCUT2D eigenvalue weighted by Crippen LogP contribution is 2.23. The van der Waals surface area contributed by atoms with E-state index in [1.54, 1.807) is 12.1 Å². The third kappa shape index (κ3) is 4.20. The molecular formula is C18H14FNO5S. The summed E-state index contributed by atoms with van der Waals surface area (Å²) in [7, 11) is 1.37. The molecule has 0 aliphatic carbocycles. The quantitative estimate of drug-likeness (QED) is 0.355. The SMILES string of the molecule is COc1ccc(F)cc1C(=O)COC(=O)CSc1nc2ccccc2o1. The Labute approximate surface area is 152 Å². The van der Waals surface area contributed by atoms with Crippen molar-refractivity contribution in [3.8, 4) is 5.75 Å². The van der Waals surface area contributed by atoms with Gasteiger partial charge in [-0.1, -0.05) is 23.9 Å². The number of aromatic nitrogens is 1. The summed E-state index contributed by atoms with van der Waals surface area (Å²) in [5.74, 6) is -1.59. The van der Waals surface area contributed by atoms with Gasteiger partial charge in [-0.05, 0) is 30.3 Å². The second-order valence-corrected chi connectivity index (χ2v) is 6.09. The van der Waals surface area contributed by atoms with Crippen LogP contribution in [-0.2, 0) is 9.53 Å². The number of benzene rings is 2. The van der Waals surface area contributed by atoms with Crippen LogP contribution in [0, 0.1) is 5.82 Å². The summed E-state index contributed by atoms with van der Waals surface area (Å²) in [4.78, 5) is 28.2. The molecule has 0 spiro atoms. The van der Waals surface area contributed by atoms with E-state index in [0.717, 1.165) is 17.8 Å². The van der Waals surface area contributed by atoms with Gasteiger partial charge in [0.1, 0.15) is 22.8 Å². The zero-order valence-corrected chi connectivity index (χ0v) is 14.5. The molecule has 0 amide bonds. The Morgan fingerprint density at radius 1 is 1.23 bits per heavy atom. The second-order valence-electron chi connectivity index (χ2n) is 5.16. The first-order valence-corrected chi connectivity index (χ1v) is 8.56. The molecule has 1 heterocycles. The largest absolute Gasteiger partial charge is 0.496 e. The number of oxazole rings is 1. The number of carbonyl (C=O) groups excluding carboxylic acids is 2. The molecule has 0 bridgehead atoms. The zero-order valence-electron chi connectivity index (χ0n) is 13.7. The zero-order chi connectivity index (χ0) is 18.5. The van der Waals surface area contributed by atoms with Crippen molar-refractivity contribution in [2.45, 2.75) is 5.22 Å². The smallest absolute Gasteiger partial charge is 0.316 e. The first kappa shape index (κ1) is 17.9. The van der Waals surface area contributed by atoms with Crippen molar-refractivity contribution in [1.29, 1.82) is 0 Å². The van der Waals surface area contributed by atoms with Gasteiger partial charge in [0.2, 0.25) is 5.78 Å². The van der Waals surface area contributed by atoms with Crippen LogP contribution in [0.5, 0.6) is 5.75 Å². The van der Waals surface area contributed by atoms with E-state index in [1.165, 1.54) is 19.2 Å². The number of nitrogens with zero attached hydrogens (tertiary/aromatic N) is 1. The van der Waals surface area contributed by atoms with Gasteiger partial charge in [-0.15, -0.1) is 0 Å². The third-order valence-electron chi connectivity index (χ3n) is 3.41. The number of ketones is 1. The highest BCUT2D eigenvalue weighted by molar-refractivity contribution is 7.99. The minimum atomic E-state index is -0.610. The van der Waals surface area contributed by atoms with Crippen LogP contribution in [0.4, 0.5) is 4.39 Å². The van der Waals surface area contributed by atoms with E-state index in [-0.39, 0.29) is 17.1 Å². The Kier molecular flexibility index (Phi) is 5.52. The number of carbonyl (C=O) groups is 2. The summed E-state index contributed by atoms with van der Waals surface area (Å²) in [5.41, 5.74) is 1.33. The van der Waals surface area contributed by atoms with Gasteiger partial charge in [0, 0.05) is 0 Å². The molecule has 6 nitrogen and oxygen atoms in total. The molecule has 0 aliphatic rings. The van der Waals surface area contributed by atoms with Gasteiger partial charge in [-0.3, -0.25) is 9.59 Å². The Morgan fingerprint density at radius 3 is 2.81 bits per heavy atom. The number of hydrogen-bond donors (Lipinski definition) is 0. The summed E-state index contributed by atoms with van der Waals surface area (Å²) in [5, 5.41) is 0.335. The molecule has 3 rings (SSSR count). The van der Waals surface area contributed by atoms with Crippen molar-refractivity contribution in [3.63, 3.8) is 0 Å². The lowest BCUT2D eigenvalue weighted by Gasteiger charge is -2.08. The molecule has 0 fully saturated rings. The van der Waals surface area contributed by atoms with E-state index in [0.29, 0.717) is 16.3 Å². The minimum Gasteiger partial charge on any atom is -0.496 e. The second kappa shape index (κ2) is 8.01. The van der Waals surface area contributed by atoms with Gasteiger partial charge in [-0.25, -0.2) is 9.37 Å². The van der Waals surface area contributed by atoms with Crippen LogP contribution in [0.3, 0.4) is 0 Å². The summed E-state index contributed by atoms with van der Waals surface area (Å²) >= 11 is 1.06. The average Bonchev–Trinajstić information content (AvgIpc) is 3.07. The van der Waals surface area contributed by atoms with Crippen LogP contribution in [-0.4, -0.2) is 36.2 Å². The van der Waals surface area contributed by atoms with Crippen LogP contribution in [0.25, 0.3) is 11.1 Å². The van der Waals surface area contributed by atoms with Crippen LogP contribution in [0.2, 0.25) is 0 Å². The minimum absolute atomic E-state index is 0.0203.